The van der Waals surface area contributed by atoms with E-state index in [1.807, 2.05) is 0 Å². The summed E-state index contributed by atoms with van der Waals surface area (Å²) in [6.45, 7) is 0. The molecule has 0 bridgehead atoms. The van der Waals surface area contributed by atoms with Gasteiger partial charge in [0.25, 0.3) is 0 Å². The van der Waals surface area contributed by atoms with Gasteiger partial charge >= 0.3 is 0 Å². The van der Waals surface area contributed by atoms with Crippen molar-refractivity contribution in [2.45, 2.75) is 5.03 Å². The van der Waals surface area contributed by atoms with E-state index in [4.69, 9.17) is 0 Å². The van der Waals surface area contributed by atoms with Crippen molar-refractivity contribution in [2.75, 3.05) is 0 Å². The summed E-state index contributed by atoms with van der Waals surface area (Å²) in [4.78, 5) is 16.3. The molecule has 4 nitrogen and oxygen atoms in total. The number of rotatable bonds is 3. The summed E-state index contributed by atoms with van der Waals surface area (Å²) in [5, 5.41) is 0.752. The molecular weight excluding hydrogens is 209 g/mol. The van der Waals surface area contributed by atoms with Crippen molar-refractivity contribution in [3.05, 3.63) is 12.5 Å². The number of nitrogens with one attached hydrogen (secondary N) is 2. The zero-order valence-corrected chi connectivity index (χ0v) is 7.76. The van der Waals surface area contributed by atoms with E-state index in [1.165, 1.54) is 11.9 Å². The number of H-pyrrole nitrogens is 1. The first-order chi connectivity index (χ1) is 4.43. The first kappa shape index (κ1) is 13.2. The molecule has 11 heavy (non-hydrogen) atoms. The van der Waals surface area contributed by atoms with Crippen molar-refractivity contribution in [3.63, 3.8) is 0 Å². The zero-order chi connectivity index (χ0) is 6.53. The Bertz CT molecular complexity index is 181. The first-order valence-electron chi connectivity index (χ1n) is 2.28. The lowest BCUT2D eigenvalue weighted by atomic mass is 11.0. The summed E-state index contributed by atoms with van der Waals surface area (Å²) >= 11 is 1.17. The highest BCUT2D eigenvalue weighted by Crippen LogP contribution is 2.06. The third-order valence-electron chi connectivity index (χ3n) is 0.685. The highest BCUT2D eigenvalue weighted by molar-refractivity contribution is 7.97. The lowest BCUT2D eigenvalue weighted by Crippen LogP contribution is -1.96. The molecule has 0 spiro atoms. The fourth-order valence-corrected chi connectivity index (χ4v) is 0.788. The fraction of sp³-hybridized carbons (Fsp3) is 0. The molecule has 1 amide bonds. The molecule has 7 heteroatoms. The number of halogens is 2. The van der Waals surface area contributed by atoms with Crippen LogP contribution in [0.3, 0.4) is 0 Å². The first-order valence-corrected chi connectivity index (χ1v) is 3.10. The van der Waals surface area contributed by atoms with Gasteiger partial charge in [-0.2, -0.15) is 0 Å². The number of nitrogens with zero attached hydrogens (tertiary/aromatic N) is 1. The second-order valence-electron chi connectivity index (χ2n) is 1.25. The maximum Gasteiger partial charge on any atom is 0.217 e. The van der Waals surface area contributed by atoms with E-state index in [9.17, 15) is 4.79 Å². The molecule has 0 aliphatic heterocycles. The Hall–Kier alpha value is -0.390. The van der Waals surface area contributed by atoms with Gasteiger partial charge in [0.1, 0.15) is 5.03 Å². The third kappa shape index (κ3) is 4.94. The van der Waals surface area contributed by atoms with Crippen molar-refractivity contribution < 1.29 is 4.79 Å². The largest absolute Gasteiger partial charge is 0.350 e. The SMILES string of the molecule is Cl.Cl.O=CNSc1c[nH]cn1. The van der Waals surface area contributed by atoms with Gasteiger partial charge in [-0.1, -0.05) is 0 Å². The number of hydrogen-bond acceptors (Lipinski definition) is 3. The molecule has 0 fully saturated rings. The van der Waals surface area contributed by atoms with Crippen LogP contribution in [0.25, 0.3) is 0 Å². The van der Waals surface area contributed by atoms with Crippen LogP contribution in [0.2, 0.25) is 0 Å². The standard InChI is InChI=1S/C4H5N3OS.2ClH/c8-3-7-9-4-1-5-2-6-4;;/h1-3H,(H,5,6)(H,7,8);2*1H. The molecule has 0 unspecified atom stereocenters. The Balaban J connectivity index is 0. The van der Waals surface area contributed by atoms with Crippen LogP contribution in [0.4, 0.5) is 0 Å². The summed E-state index contributed by atoms with van der Waals surface area (Å²) in [6.07, 6.45) is 3.86. The van der Waals surface area contributed by atoms with E-state index in [0.29, 0.717) is 6.41 Å². The van der Waals surface area contributed by atoms with E-state index in [0.717, 1.165) is 5.03 Å². The maximum absolute atomic E-state index is 9.73. The van der Waals surface area contributed by atoms with Crippen LogP contribution in [-0.2, 0) is 4.79 Å². The molecule has 1 aromatic heterocycles. The average Bonchev–Trinajstić information content (AvgIpc) is 2.34. The molecular formula is C4H7Cl2N3OS. The Kier molecular flexibility index (Phi) is 9.27. The normalized spacial score (nSPS) is 7.27. The van der Waals surface area contributed by atoms with Crippen LogP contribution in [0, 0.1) is 0 Å². The Morgan fingerprint density at radius 2 is 2.36 bits per heavy atom. The van der Waals surface area contributed by atoms with Gasteiger partial charge in [0.2, 0.25) is 6.41 Å². The summed E-state index contributed by atoms with van der Waals surface area (Å²) < 4.78 is 2.40. The molecule has 1 heterocycles. The molecule has 0 aliphatic rings. The summed E-state index contributed by atoms with van der Waals surface area (Å²) in [5.41, 5.74) is 0. The van der Waals surface area contributed by atoms with E-state index in [2.05, 4.69) is 14.7 Å². The molecule has 1 aromatic rings. The number of amides is 1. The lowest BCUT2D eigenvalue weighted by molar-refractivity contribution is -0.107. The second-order valence-corrected chi connectivity index (χ2v) is 2.10. The van der Waals surface area contributed by atoms with Crippen LogP contribution >= 0.6 is 36.8 Å². The zero-order valence-electron chi connectivity index (χ0n) is 5.31. The van der Waals surface area contributed by atoms with Crippen LogP contribution in [0.1, 0.15) is 0 Å². The fourth-order valence-electron chi connectivity index (χ4n) is 0.387. The molecule has 0 aromatic carbocycles. The summed E-state index contributed by atoms with van der Waals surface area (Å²) in [6, 6.07) is 0. The molecule has 0 saturated heterocycles. The smallest absolute Gasteiger partial charge is 0.217 e. The van der Waals surface area contributed by atoms with Crippen LogP contribution in [0.15, 0.2) is 17.6 Å². The van der Waals surface area contributed by atoms with Crippen molar-refractivity contribution in [3.8, 4) is 0 Å². The van der Waals surface area contributed by atoms with Gasteiger partial charge in [-0.15, -0.1) is 24.8 Å². The van der Waals surface area contributed by atoms with Gasteiger partial charge in [0.15, 0.2) is 0 Å². The van der Waals surface area contributed by atoms with Gasteiger partial charge in [-0.25, -0.2) is 4.98 Å². The number of aromatic nitrogens is 2. The summed E-state index contributed by atoms with van der Waals surface area (Å²) in [7, 11) is 0. The quantitative estimate of drug-likeness (QED) is 0.585. The predicted octanol–water partition coefficient (Wildman–Crippen LogP) is 1.01. The number of imidazole rings is 1. The van der Waals surface area contributed by atoms with Crippen molar-refractivity contribution in [2.24, 2.45) is 0 Å². The van der Waals surface area contributed by atoms with Crippen molar-refractivity contribution >= 4 is 43.2 Å². The lowest BCUT2D eigenvalue weighted by Gasteiger charge is -1.87. The van der Waals surface area contributed by atoms with Gasteiger partial charge < -0.3 is 4.98 Å². The molecule has 2 N–H and O–H groups in total. The number of carbonyl (C=O) groups excluding carboxylic acids is 1. The van der Waals surface area contributed by atoms with E-state index < -0.39 is 0 Å². The van der Waals surface area contributed by atoms with Gasteiger partial charge in [-0.05, 0) is 0 Å². The van der Waals surface area contributed by atoms with Crippen molar-refractivity contribution in [1.82, 2.24) is 14.7 Å². The Morgan fingerprint density at radius 3 is 2.82 bits per heavy atom. The molecule has 0 atom stereocenters. The van der Waals surface area contributed by atoms with Gasteiger partial charge in [-0.3, -0.25) is 9.52 Å². The Labute approximate surface area is 80.5 Å². The number of hydrogen-bond donors (Lipinski definition) is 2. The third-order valence-corrected chi connectivity index (χ3v) is 1.33. The monoisotopic (exact) mass is 215 g/mol. The van der Waals surface area contributed by atoms with E-state index in [1.54, 1.807) is 12.5 Å². The molecule has 0 radical (unpaired) electrons. The van der Waals surface area contributed by atoms with Crippen molar-refractivity contribution in [1.29, 1.82) is 0 Å². The van der Waals surface area contributed by atoms with Gasteiger partial charge in [0.05, 0.1) is 6.33 Å². The Morgan fingerprint density at radius 1 is 1.64 bits per heavy atom. The van der Waals surface area contributed by atoms with Gasteiger partial charge in [0, 0.05) is 18.1 Å². The van der Waals surface area contributed by atoms with Crippen LogP contribution in [0.5, 0.6) is 0 Å². The molecule has 0 aliphatic carbocycles. The minimum atomic E-state index is 0. The molecule has 0 saturated carbocycles. The molecule has 1 rings (SSSR count). The number of aromatic amines is 1. The highest BCUT2D eigenvalue weighted by Gasteiger charge is 1.90. The van der Waals surface area contributed by atoms with E-state index in [-0.39, 0.29) is 24.8 Å². The average molecular weight is 216 g/mol. The minimum Gasteiger partial charge on any atom is -0.350 e. The van der Waals surface area contributed by atoms with E-state index >= 15 is 0 Å². The predicted molar refractivity (Wildman–Crippen MR) is 48.1 cm³/mol. The van der Waals surface area contributed by atoms with Crippen LogP contribution in [-0.4, -0.2) is 16.4 Å². The van der Waals surface area contributed by atoms with Crippen LogP contribution < -0.4 is 4.72 Å². The minimum absolute atomic E-state index is 0. The highest BCUT2D eigenvalue weighted by atomic mass is 35.5. The topological polar surface area (TPSA) is 57.8 Å². The summed E-state index contributed by atoms with van der Waals surface area (Å²) in [5.74, 6) is 0. The maximum atomic E-state index is 9.73. The molecule has 64 valence electrons. The second kappa shape index (κ2) is 7.71. The number of carbonyl (C=O) groups is 1.